The number of para-hydroxylation sites is 3. The first kappa shape index (κ1) is 18.0. The number of carbonyl (C=O) groups is 1. The lowest BCUT2D eigenvalue weighted by atomic mass is 10.2. The van der Waals surface area contributed by atoms with Gasteiger partial charge in [-0.3, -0.25) is 4.79 Å². The first-order valence-electron chi connectivity index (χ1n) is 9.04. The van der Waals surface area contributed by atoms with Crippen molar-refractivity contribution in [3.05, 3.63) is 59.9 Å². The minimum atomic E-state index is 0.0929. The maximum atomic E-state index is 12.6. The second kappa shape index (κ2) is 8.04. The molecule has 0 saturated carbocycles. The Hall–Kier alpha value is -2.82. The van der Waals surface area contributed by atoms with Crippen LogP contribution in [0.25, 0.3) is 11.0 Å². The molecule has 5 nitrogen and oxygen atoms in total. The fraction of sp³-hybridized carbons (Fsp3) is 0.333. The lowest BCUT2D eigenvalue weighted by Crippen LogP contribution is -2.33. The van der Waals surface area contributed by atoms with Gasteiger partial charge >= 0.3 is 0 Å². The zero-order chi connectivity index (χ0) is 18.5. The van der Waals surface area contributed by atoms with Crippen LogP contribution in [0.15, 0.2) is 48.5 Å². The second-order valence-electron chi connectivity index (χ2n) is 6.22. The number of nitrogens with zero attached hydrogens (tertiary/aromatic N) is 3. The smallest absolute Gasteiger partial charge is 0.242 e. The lowest BCUT2D eigenvalue weighted by Gasteiger charge is -2.20. The van der Waals surface area contributed by atoms with Crippen molar-refractivity contribution in [3.63, 3.8) is 0 Å². The van der Waals surface area contributed by atoms with E-state index >= 15 is 0 Å². The van der Waals surface area contributed by atoms with E-state index in [0.29, 0.717) is 19.7 Å². The van der Waals surface area contributed by atoms with Gasteiger partial charge < -0.3 is 14.2 Å². The van der Waals surface area contributed by atoms with E-state index in [1.165, 1.54) is 0 Å². The van der Waals surface area contributed by atoms with Crippen LogP contribution < -0.4 is 4.74 Å². The molecule has 0 spiro atoms. The average Bonchev–Trinajstić information content (AvgIpc) is 3.00. The topological polar surface area (TPSA) is 47.4 Å². The summed E-state index contributed by atoms with van der Waals surface area (Å²) in [5.74, 6) is 1.69. The summed E-state index contributed by atoms with van der Waals surface area (Å²) in [7, 11) is 0. The Morgan fingerprint density at radius 2 is 1.77 bits per heavy atom. The van der Waals surface area contributed by atoms with Crippen LogP contribution in [-0.4, -0.2) is 33.4 Å². The van der Waals surface area contributed by atoms with E-state index in [9.17, 15) is 4.79 Å². The van der Waals surface area contributed by atoms with Crippen molar-refractivity contribution in [1.82, 2.24) is 14.5 Å². The molecule has 1 aromatic heterocycles. The van der Waals surface area contributed by atoms with Gasteiger partial charge in [0.05, 0.1) is 11.0 Å². The summed E-state index contributed by atoms with van der Waals surface area (Å²) in [5.41, 5.74) is 2.91. The third kappa shape index (κ3) is 3.72. The Morgan fingerprint density at radius 1 is 1.08 bits per heavy atom. The van der Waals surface area contributed by atoms with Gasteiger partial charge in [0, 0.05) is 13.1 Å². The molecule has 0 fully saturated rings. The summed E-state index contributed by atoms with van der Waals surface area (Å²) in [5, 5.41) is 0. The van der Waals surface area contributed by atoms with E-state index in [0.717, 1.165) is 28.2 Å². The van der Waals surface area contributed by atoms with Crippen molar-refractivity contribution in [3.8, 4) is 5.75 Å². The fourth-order valence-corrected chi connectivity index (χ4v) is 3.08. The first-order chi connectivity index (χ1) is 12.6. The Morgan fingerprint density at radius 3 is 2.50 bits per heavy atom. The highest BCUT2D eigenvalue weighted by Crippen LogP contribution is 2.21. The van der Waals surface area contributed by atoms with Crippen molar-refractivity contribution >= 4 is 16.9 Å². The Bertz CT molecular complexity index is 897. The van der Waals surface area contributed by atoms with E-state index in [4.69, 9.17) is 4.74 Å². The predicted octanol–water partition coefficient (Wildman–Crippen LogP) is 3.79. The van der Waals surface area contributed by atoms with Gasteiger partial charge in [0.25, 0.3) is 0 Å². The first-order valence-corrected chi connectivity index (χ1v) is 9.04. The standard InChI is InChI=1S/C21H25N3O2/c1-4-23(5-2)21(25)14-24-18-12-8-7-11-17(18)22-20(24)15-26-19-13-9-6-10-16(19)3/h6-13H,4-5,14-15H2,1-3H3. The Kier molecular flexibility index (Phi) is 5.56. The molecule has 1 heterocycles. The van der Waals surface area contributed by atoms with Crippen molar-refractivity contribution in [2.75, 3.05) is 13.1 Å². The normalized spacial score (nSPS) is 10.9. The highest BCUT2D eigenvalue weighted by molar-refractivity contribution is 5.81. The Balaban J connectivity index is 1.89. The van der Waals surface area contributed by atoms with E-state index in [-0.39, 0.29) is 12.5 Å². The molecule has 0 bridgehead atoms. The van der Waals surface area contributed by atoms with Gasteiger partial charge in [-0.1, -0.05) is 30.3 Å². The number of hydrogen-bond acceptors (Lipinski definition) is 3. The number of carbonyl (C=O) groups excluding carboxylic acids is 1. The van der Waals surface area contributed by atoms with Crippen LogP contribution in [0.5, 0.6) is 5.75 Å². The van der Waals surface area contributed by atoms with Crippen molar-refractivity contribution in [2.24, 2.45) is 0 Å². The number of likely N-dealkylation sites (N-methyl/N-ethyl adjacent to an activating group) is 1. The number of aromatic nitrogens is 2. The molecule has 0 unspecified atom stereocenters. The highest BCUT2D eigenvalue weighted by atomic mass is 16.5. The molecule has 5 heteroatoms. The lowest BCUT2D eigenvalue weighted by molar-refractivity contribution is -0.131. The monoisotopic (exact) mass is 351 g/mol. The largest absolute Gasteiger partial charge is 0.485 e. The van der Waals surface area contributed by atoms with E-state index in [2.05, 4.69) is 4.98 Å². The zero-order valence-electron chi connectivity index (χ0n) is 15.6. The van der Waals surface area contributed by atoms with E-state index in [1.54, 1.807) is 0 Å². The minimum absolute atomic E-state index is 0.0929. The maximum absolute atomic E-state index is 12.6. The number of rotatable bonds is 7. The van der Waals surface area contributed by atoms with E-state index < -0.39 is 0 Å². The fourth-order valence-electron chi connectivity index (χ4n) is 3.08. The third-order valence-corrected chi connectivity index (χ3v) is 4.59. The average molecular weight is 351 g/mol. The quantitative estimate of drug-likeness (QED) is 0.651. The molecule has 3 rings (SSSR count). The molecule has 3 aromatic rings. The number of benzene rings is 2. The van der Waals surface area contributed by atoms with Crippen molar-refractivity contribution < 1.29 is 9.53 Å². The molecule has 0 aliphatic rings. The molecule has 0 aliphatic carbocycles. The van der Waals surface area contributed by atoms with Crippen molar-refractivity contribution in [1.29, 1.82) is 0 Å². The van der Waals surface area contributed by atoms with Crippen LogP contribution in [-0.2, 0) is 17.9 Å². The van der Waals surface area contributed by atoms with Crippen LogP contribution in [0.4, 0.5) is 0 Å². The van der Waals surface area contributed by atoms with Gasteiger partial charge in [-0.2, -0.15) is 0 Å². The number of fused-ring (bicyclic) bond motifs is 1. The minimum Gasteiger partial charge on any atom is -0.485 e. The van der Waals surface area contributed by atoms with Gasteiger partial charge in [0.1, 0.15) is 24.7 Å². The molecule has 26 heavy (non-hydrogen) atoms. The number of imidazole rings is 1. The van der Waals surface area contributed by atoms with Crippen LogP contribution >= 0.6 is 0 Å². The molecule has 0 saturated heterocycles. The summed E-state index contributed by atoms with van der Waals surface area (Å²) in [6, 6.07) is 15.8. The summed E-state index contributed by atoms with van der Waals surface area (Å²) in [6.07, 6.45) is 0. The van der Waals surface area contributed by atoms with Gasteiger partial charge in [-0.25, -0.2) is 4.98 Å². The van der Waals surface area contributed by atoms with Crippen LogP contribution in [0.3, 0.4) is 0 Å². The molecule has 0 aliphatic heterocycles. The molecule has 0 radical (unpaired) electrons. The molecule has 0 atom stereocenters. The number of hydrogen-bond donors (Lipinski definition) is 0. The maximum Gasteiger partial charge on any atom is 0.242 e. The number of ether oxygens (including phenoxy) is 1. The van der Waals surface area contributed by atoms with Gasteiger partial charge in [-0.15, -0.1) is 0 Å². The summed E-state index contributed by atoms with van der Waals surface area (Å²) >= 11 is 0. The van der Waals surface area contributed by atoms with E-state index in [1.807, 2.05) is 78.8 Å². The molecule has 2 aromatic carbocycles. The predicted molar refractivity (Wildman–Crippen MR) is 103 cm³/mol. The molecule has 136 valence electrons. The molecule has 0 N–H and O–H groups in total. The molecule has 1 amide bonds. The van der Waals surface area contributed by atoms with Gasteiger partial charge in [0.15, 0.2) is 0 Å². The van der Waals surface area contributed by atoms with Gasteiger partial charge in [0.2, 0.25) is 5.91 Å². The van der Waals surface area contributed by atoms with Crippen LogP contribution in [0.1, 0.15) is 25.2 Å². The third-order valence-electron chi connectivity index (χ3n) is 4.59. The summed E-state index contributed by atoms with van der Waals surface area (Å²) in [6.45, 7) is 8.02. The van der Waals surface area contributed by atoms with Gasteiger partial charge in [-0.05, 0) is 44.5 Å². The number of amides is 1. The molecular weight excluding hydrogens is 326 g/mol. The SMILES string of the molecule is CCN(CC)C(=O)Cn1c(COc2ccccc2C)nc2ccccc21. The second-order valence-corrected chi connectivity index (χ2v) is 6.22. The highest BCUT2D eigenvalue weighted by Gasteiger charge is 2.17. The summed E-state index contributed by atoms with van der Waals surface area (Å²) < 4.78 is 7.95. The number of aryl methyl sites for hydroxylation is 1. The molecular formula is C21H25N3O2. The Labute approximate surface area is 154 Å². The zero-order valence-corrected chi connectivity index (χ0v) is 15.6. The van der Waals surface area contributed by atoms with Crippen LogP contribution in [0, 0.1) is 6.92 Å². The summed E-state index contributed by atoms with van der Waals surface area (Å²) in [4.78, 5) is 19.2. The van der Waals surface area contributed by atoms with Crippen molar-refractivity contribution in [2.45, 2.75) is 33.9 Å². The van der Waals surface area contributed by atoms with Crippen LogP contribution in [0.2, 0.25) is 0 Å².